The fraction of sp³-hybridized carbons (Fsp3) is 0.250. The number of hydrogen-bond donors (Lipinski definition) is 1. The van der Waals surface area contributed by atoms with E-state index >= 15 is 0 Å². The Kier molecular flexibility index (Phi) is 3.48. The van der Waals surface area contributed by atoms with Gasteiger partial charge in [-0.2, -0.15) is 5.10 Å². The quantitative estimate of drug-likeness (QED) is 0.922. The van der Waals surface area contributed by atoms with Crippen LogP contribution in [0.3, 0.4) is 0 Å². The fourth-order valence-electron chi connectivity index (χ4n) is 1.61. The summed E-state index contributed by atoms with van der Waals surface area (Å²) in [7, 11) is -0.367. The molecule has 0 aliphatic carbocycles. The number of nitrogens with zero attached hydrogens (tertiary/aromatic N) is 2. The third-order valence-electron chi connectivity index (χ3n) is 2.82. The summed E-state index contributed by atoms with van der Waals surface area (Å²) in [4.78, 5) is 0.172. The maximum absolute atomic E-state index is 12.2. The van der Waals surface area contributed by atoms with Gasteiger partial charge in [0.05, 0.1) is 19.0 Å². The SMILES string of the molecule is COc1ccc(NS(=O)(=O)c2cnn(C)c2C)cc1. The average molecular weight is 281 g/mol. The molecule has 0 bridgehead atoms. The molecule has 2 rings (SSSR count). The molecule has 6 nitrogen and oxygen atoms in total. The van der Waals surface area contributed by atoms with E-state index in [0.29, 0.717) is 17.1 Å². The van der Waals surface area contributed by atoms with Gasteiger partial charge in [0.25, 0.3) is 10.0 Å². The second-order valence-electron chi connectivity index (χ2n) is 4.05. The Hall–Kier alpha value is -2.02. The van der Waals surface area contributed by atoms with Crippen LogP contribution in [0.15, 0.2) is 35.4 Å². The van der Waals surface area contributed by atoms with Crippen LogP contribution in [0.1, 0.15) is 5.69 Å². The van der Waals surface area contributed by atoms with E-state index in [9.17, 15) is 8.42 Å². The Balaban J connectivity index is 2.28. The van der Waals surface area contributed by atoms with Crippen LogP contribution in [-0.2, 0) is 17.1 Å². The van der Waals surface area contributed by atoms with Crippen molar-refractivity contribution in [3.63, 3.8) is 0 Å². The minimum absolute atomic E-state index is 0.172. The number of benzene rings is 1. The Labute approximate surface area is 112 Å². The number of nitrogens with one attached hydrogen (secondary N) is 1. The Morgan fingerprint density at radius 3 is 2.37 bits per heavy atom. The van der Waals surface area contributed by atoms with Gasteiger partial charge in [-0.25, -0.2) is 8.42 Å². The van der Waals surface area contributed by atoms with Crippen LogP contribution in [0.5, 0.6) is 5.75 Å². The molecule has 0 amide bonds. The van der Waals surface area contributed by atoms with Crippen molar-refractivity contribution in [1.29, 1.82) is 0 Å². The second kappa shape index (κ2) is 4.93. The van der Waals surface area contributed by atoms with Crippen molar-refractivity contribution < 1.29 is 13.2 Å². The smallest absolute Gasteiger partial charge is 0.265 e. The number of methoxy groups -OCH3 is 1. The lowest BCUT2D eigenvalue weighted by molar-refractivity contribution is 0.415. The van der Waals surface area contributed by atoms with Gasteiger partial charge in [0.2, 0.25) is 0 Å². The summed E-state index contributed by atoms with van der Waals surface area (Å²) in [6, 6.07) is 6.66. The number of sulfonamides is 1. The fourth-order valence-corrected chi connectivity index (χ4v) is 2.87. The largest absolute Gasteiger partial charge is 0.497 e. The molecule has 0 spiro atoms. The predicted molar refractivity (Wildman–Crippen MR) is 71.7 cm³/mol. The van der Waals surface area contributed by atoms with Crippen molar-refractivity contribution in [1.82, 2.24) is 9.78 Å². The number of rotatable bonds is 4. The summed E-state index contributed by atoms with van der Waals surface area (Å²) in [5, 5.41) is 3.93. The first-order chi connectivity index (χ1) is 8.94. The Morgan fingerprint density at radius 2 is 1.89 bits per heavy atom. The molecule has 0 atom stereocenters. The van der Waals surface area contributed by atoms with Gasteiger partial charge in [-0.3, -0.25) is 9.40 Å². The van der Waals surface area contributed by atoms with Crippen molar-refractivity contribution in [2.75, 3.05) is 11.8 Å². The van der Waals surface area contributed by atoms with E-state index < -0.39 is 10.0 Å². The second-order valence-corrected chi connectivity index (χ2v) is 5.70. The van der Waals surface area contributed by atoms with E-state index in [1.165, 1.54) is 10.9 Å². The average Bonchev–Trinajstić information content (AvgIpc) is 2.71. The van der Waals surface area contributed by atoms with E-state index in [2.05, 4.69) is 9.82 Å². The first-order valence-electron chi connectivity index (χ1n) is 5.59. The summed E-state index contributed by atoms with van der Waals surface area (Å²) in [5.41, 5.74) is 1.06. The van der Waals surface area contributed by atoms with Crippen molar-refractivity contribution in [2.24, 2.45) is 7.05 Å². The lowest BCUT2D eigenvalue weighted by Gasteiger charge is -2.08. The highest BCUT2D eigenvalue weighted by Crippen LogP contribution is 2.20. The number of anilines is 1. The van der Waals surface area contributed by atoms with E-state index in [4.69, 9.17) is 4.74 Å². The molecule has 0 aliphatic rings. The van der Waals surface area contributed by atoms with Gasteiger partial charge in [-0.1, -0.05) is 0 Å². The van der Waals surface area contributed by atoms with Crippen molar-refractivity contribution in [3.8, 4) is 5.75 Å². The lowest BCUT2D eigenvalue weighted by atomic mass is 10.3. The standard InChI is InChI=1S/C12H15N3O3S/c1-9-12(8-13-15(9)2)19(16,17)14-10-4-6-11(18-3)7-5-10/h4-8,14H,1-3H3. The minimum Gasteiger partial charge on any atom is -0.497 e. The number of aromatic nitrogens is 2. The van der Waals surface area contributed by atoms with E-state index in [0.717, 1.165) is 0 Å². The highest BCUT2D eigenvalue weighted by Gasteiger charge is 2.19. The topological polar surface area (TPSA) is 73.2 Å². The summed E-state index contributed by atoms with van der Waals surface area (Å²) in [5.74, 6) is 0.667. The van der Waals surface area contributed by atoms with Crippen LogP contribution >= 0.6 is 0 Å². The third kappa shape index (κ3) is 2.70. The molecule has 0 fully saturated rings. The predicted octanol–water partition coefficient (Wildman–Crippen LogP) is 1.54. The maximum Gasteiger partial charge on any atom is 0.265 e. The number of hydrogen-bond acceptors (Lipinski definition) is 4. The third-order valence-corrected chi connectivity index (χ3v) is 4.31. The normalized spacial score (nSPS) is 11.3. The summed E-state index contributed by atoms with van der Waals surface area (Å²) < 4.78 is 33.4. The molecule has 19 heavy (non-hydrogen) atoms. The molecule has 1 aromatic heterocycles. The molecule has 1 N–H and O–H groups in total. The highest BCUT2D eigenvalue weighted by atomic mass is 32.2. The van der Waals surface area contributed by atoms with Crippen molar-refractivity contribution >= 4 is 15.7 Å². The molecular formula is C12H15N3O3S. The van der Waals surface area contributed by atoms with Crippen LogP contribution < -0.4 is 9.46 Å². The molecule has 2 aromatic rings. The molecule has 0 saturated carbocycles. The van der Waals surface area contributed by atoms with Gasteiger partial charge in [-0.05, 0) is 31.2 Å². The van der Waals surface area contributed by atoms with E-state index in [1.807, 2.05) is 0 Å². The molecular weight excluding hydrogens is 266 g/mol. The summed E-state index contributed by atoms with van der Waals surface area (Å²) in [6.07, 6.45) is 1.33. The summed E-state index contributed by atoms with van der Waals surface area (Å²) in [6.45, 7) is 1.70. The molecule has 102 valence electrons. The van der Waals surface area contributed by atoms with Crippen LogP contribution in [0.4, 0.5) is 5.69 Å². The van der Waals surface area contributed by atoms with Crippen molar-refractivity contribution in [3.05, 3.63) is 36.2 Å². The Morgan fingerprint density at radius 1 is 1.26 bits per heavy atom. The zero-order valence-corrected chi connectivity index (χ0v) is 11.7. The van der Waals surface area contributed by atoms with Gasteiger partial charge < -0.3 is 4.74 Å². The van der Waals surface area contributed by atoms with Crippen LogP contribution in [0, 0.1) is 6.92 Å². The summed E-state index contributed by atoms with van der Waals surface area (Å²) >= 11 is 0. The number of ether oxygens (including phenoxy) is 1. The first kappa shape index (κ1) is 13.4. The van der Waals surface area contributed by atoms with E-state index in [-0.39, 0.29) is 4.90 Å². The van der Waals surface area contributed by atoms with Gasteiger partial charge in [0.1, 0.15) is 10.6 Å². The van der Waals surface area contributed by atoms with Gasteiger partial charge in [0.15, 0.2) is 0 Å². The molecule has 1 heterocycles. The van der Waals surface area contributed by atoms with Gasteiger partial charge in [-0.15, -0.1) is 0 Å². The van der Waals surface area contributed by atoms with Gasteiger partial charge in [0, 0.05) is 12.7 Å². The molecule has 0 aliphatic heterocycles. The maximum atomic E-state index is 12.2. The van der Waals surface area contributed by atoms with Crippen LogP contribution in [0.25, 0.3) is 0 Å². The van der Waals surface area contributed by atoms with Crippen LogP contribution in [-0.4, -0.2) is 25.3 Å². The molecule has 0 saturated heterocycles. The van der Waals surface area contributed by atoms with Crippen LogP contribution in [0.2, 0.25) is 0 Å². The zero-order chi connectivity index (χ0) is 14.0. The van der Waals surface area contributed by atoms with Gasteiger partial charge >= 0.3 is 0 Å². The molecule has 0 unspecified atom stereocenters. The minimum atomic E-state index is -3.62. The monoisotopic (exact) mass is 281 g/mol. The lowest BCUT2D eigenvalue weighted by Crippen LogP contribution is -2.13. The van der Waals surface area contributed by atoms with Crippen molar-refractivity contribution in [2.45, 2.75) is 11.8 Å². The molecule has 1 aromatic carbocycles. The van der Waals surface area contributed by atoms with E-state index in [1.54, 1.807) is 45.3 Å². The molecule has 7 heteroatoms. The Bertz CT molecular complexity index is 675. The number of aryl methyl sites for hydroxylation is 1. The first-order valence-corrected chi connectivity index (χ1v) is 7.08. The molecule has 0 radical (unpaired) electrons. The zero-order valence-electron chi connectivity index (χ0n) is 10.9. The highest BCUT2D eigenvalue weighted by molar-refractivity contribution is 7.92.